The van der Waals surface area contributed by atoms with Crippen molar-refractivity contribution in [2.45, 2.75) is 12.8 Å². The van der Waals surface area contributed by atoms with E-state index in [4.69, 9.17) is 9.47 Å². The predicted octanol–water partition coefficient (Wildman–Crippen LogP) is 2.57. The van der Waals surface area contributed by atoms with Crippen molar-refractivity contribution in [3.05, 3.63) is 29.8 Å². The lowest BCUT2D eigenvalue weighted by atomic mass is 10.1. The Morgan fingerprint density at radius 2 is 2.38 bits per heavy atom. The van der Waals surface area contributed by atoms with Gasteiger partial charge in [-0.2, -0.15) is 4.39 Å². The van der Waals surface area contributed by atoms with Crippen molar-refractivity contribution in [2.75, 3.05) is 19.8 Å². The van der Waals surface area contributed by atoms with Gasteiger partial charge in [0.2, 0.25) is 5.82 Å². The van der Waals surface area contributed by atoms with Crippen LogP contribution in [0.4, 0.5) is 8.78 Å². The van der Waals surface area contributed by atoms with Crippen LogP contribution in [0.15, 0.2) is 12.1 Å². The Morgan fingerprint density at radius 1 is 1.50 bits per heavy atom. The monoisotopic (exact) mass is 227 g/mol. The van der Waals surface area contributed by atoms with E-state index < -0.39 is 11.6 Å². The Hall–Kier alpha value is -1.16. The van der Waals surface area contributed by atoms with Crippen LogP contribution >= 0.6 is 0 Å². The molecule has 1 heterocycles. The van der Waals surface area contributed by atoms with Gasteiger partial charge in [-0.15, -0.1) is 0 Å². The van der Waals surface area contributed by atoms with Crippen LogP contribution in [-0.2, 0) is 4.74 Å². The maximum Gasteiger partial charge on any atom is 0.201 e. The molecule has 1 fully saturated rings. The highest BCUT2D eigenvalue weighted by molar-refractivity contribution is 5.23. The third kappa shape index (κ3) is 2.70. The summed E-state index contributed by atoms with van der Waals surface area (Å²) in [6, 6.07) is 4.87. The smallest absolute Gasteiger partial charge is 0.201 e. The molecule has 87 valence electrons. The summed E-state index contributed by atoms with van der Waals surface area (Å²) in [6.07, 6.45) is 1.81. The number of benzene rings is 1. The Labute approximate surface area is 93.2 Å². The van der Waals surface area contributed by atoms with E-state index in [0.717, 1.165) is 32.1 Å². The first-order chi connectivity index (χ1) is 7.77. The average Bonchev–Trinajstić information content (AvgIpc) is 2.77. The molecule has 1 aliphatic heterocycles. The molecule has 1 aromatic carbocycles. The van der Waals surface area contributed by atoms with Gasteiger partial charge in [0.25, 0.3) is 0 Å². The average molecular weight is 227 g/mol. The van der Waals surface area contributed by atoms with Crippen molar-refractivity contribution in [1.29, 1.82) is 0 Å². The summed E-state index contributed by atoms with van der Waals surface area (Å²) in [6.45, 7) is 1.88. The van der Waals surface area contributed by atoms with Gasteiger partial charge < -0.3 is 9.47 Å². The second kappa shape index (κ2) is 5.25. The molecule has 0 N–H and O–H groups in total. The molecule has 1 unspecified atom stereocenters. The standard InChI is InChI=1S/C12H13F2O2/c13-10-2-1-3-11(12(10)14)16-7-5-9-4-6-15-8-9/h1-2,9H,4-8H2. The minimum Gasteiger partial charge on any atom is -0.490 e. The molecular formula is C12H13F2O2. The summed E-state index contributed by atoms with van der Waals surface area (Å²) in [5.41, 5.74) is 0. The zero-order valence-electron chi connectivity index (χ0n) is 8.84. The largest absolute Gasteiger partial charge is 0.490 e. The van der Waals surface area contributed by atoms with Crippen LogP contribution < -0.4 is 4.74 Å². The molecule has 0 saturated carbocycles. The number of rotatable bonds is 4. The fraction of sp³-hybridized carbons (Fsp3) is 0.500. The summed E-state index contributed by atoms with van der Waals surface area (Å²) < 4.78 is 36.3. The Bertz CT molecular complexity index is 349. The summed E-state index contributed by atoms with van der Waals surface area (Å²) in [5.74, 6) is -1.54. The highest BCUT2D eigenvalue weighted by Gasteiger charge is 2.16. The van der Waals surface area contributed by atoms with Gasteiger partial charge in [0.15, 0.2) is 11.6 Å². The number of hydrogen-bond acceptors (Lipinski definition) is 2. The molecule has 16 heavy (non-hydrogen) atoms. The zero-order valence-corrected chi connectivity index (χ0v) is 8.84. The molecule has 0 spiro atoms. The summed E-state index contributed by atoms with van der Waals surface area (Å²) in [5, 5.41) is 0. The maximum atomic E-state index is 13.1. The van der Waals surface area contributed by atoms with Gasteiger partial charge >= 0.3 is 0 Å². The van der Waals surface area contributed by atoms with Crippen LogP contribution in [-0.4, -0.2) is 19.8 Å². The van der Waals surface area contributed by atoms with Crippen LogP contribution in [0.2, 0.25) is 0 Å². The summed E-state index contributed by atoms with van der Waals surface area (Å²) in [4.78, 5) is 0. The van der Waals surface area contributed by atoms with Crippen molar-refractivity contribution in [2.24, 2.45) is 5.92 Å². The molecule has 2 rings (SSSR count). The zero-order chi connectivity index (χ0) is 11.4. The van der Waals surface area contributed by atoms with Gasteiger partial charge in [0.1, 0.15) is 0 Å². The molecule has 2 nitrogen and oxygen atoms in total. The lowest BCUT2D eigenvalue weighted by molar-refractivity contribution is 0.177. The van der Waals surface area contributed by atoms with Gasteiger partial charge in [-0.3, -0.25) is 0 Å². The lowest BCUT2D eigenvalue weighted by Crippen LogP contribution is -2.08. The molecule has 0 bridgehead atoms. The molecule has 0 aromatic heterocycles. The summed E-state index contributed by atoms with van der Waals surface area (Å²) in [7, 11) is 0. The second-order valence-electron chi connectivity index (χ2n) is 3.84. The fourth-order valence-corrected chi connectivity index (χ4v) is 1.68. The predicted molar refractivity (Wildman–Crippen MR) is 54.2 cm³/mol. The third-order valence-corrected chi connectivity index (χ3v) is 2.65. The van der Waals surface area contributed by atoms with E-state index >= 15 is 0 Å². The Kier molecular flexibility index (Phi) is 3.72. The molecule has 1 radical (unpaired) electrons. The van der Waals surface area contributed by atoms with Crippen LogP contribution in [0.25, 0.3) is 0 Å². The number of ether oxygens (including phenoxy) is 2. The quantitative estimate of drug-likeness (QED) is 0.787. The second-order valence-corrected chi connectivity index (χ2v) is 3.84. The first-order valence-electron chi connectivity index (χ1n) is 5.33. The highest BCUT2D eigenvalue weighted by Crippen LogP contribution is 2.20. The van der Waals surface area contributed by atoms with Crippen LogP contribution in [0.3, 0.4) is 0 Å². The summed E-state index contributed by atoms with van der Waals surface area (Å²) >= 11 is 0. The SMILES string of the molecule is Fc1cc[c]c(OCCC2CCOC2)c1F. The molecular weight excluding hydrogens is 214 g/mol. The van der Waals surface area contributed by atoms with Gasteiger partial charge in [-0.1, -0.05) is 0 Å². The van der Waals surface area contributed by atoms with Crippen LogP contribution in [0.1, 0.15) is 12.8 Å². The molecule has 1 saturated heterocycles. The van der Waals surface area contributed by atoms with Crippen molar-refractivity contribution in [3.8, 4) is 5.75 Å². The van der Waals surface area contributed by atoms with E-state index in [1.165, 1.54) is 6.07 Å². The van der Waals surface area contributed by atoms with Crippen LogP contribution in [0.5, 0.6) is 5.75 Å². The van der Waals surface area contributed by atoms with Gasteiger partial charge in [-0.05, 0) is 30.9 Å². The number of hydrogen-bond donors (Lipinski definition) is 0. The lowest BCUT2D eigenvalue weighted by Gasteiger charge is -2.09. The van der Waals surface area contributed by atoms with E-state index in [1.807, 2.05) is 0 Å². The topological polar surface area (TPSA) is 18.5 Å². The Morgan fingerprint density at radius 3 is 3.12 bits per heavy atom. The molecule has 1 atom stereocenters. The normalized spacial score (nSPS) is 20.0. The van der Waals surface area contributed by atoms with E-state index in [-0.39, 0.29) is 5.75 Å². The van der Waals surface area contributed by atoms with E-state index in [1.54, 1.807) is 0 Å². The van der Waals surface area contributed by atoms with Crippen molar-refractivity contribution in [1.82, 2.24) is 0 Å². The molecule has 0 aliphatic carbocycles. The molecule has 1 aliphatic rings. The molecule has 4 heteroatoms. The van der Waals surface area contributed by atoms with E-state index in [2.05, 4.69) is 6.07 Å². The van der Waals surface area contributed by atoms with Gasteiger partial charge in [0, 0.05) is 19.3 Å². The van der Waals surface area contributed by atoms with Gasteiger partial charge in [-0.25, -0.2) is 4.39 Å². The van der Waals surface area contributed by atoms with Crippen molar-refractivity contribution < 1.29 is 18.3 Å². The Balaban J connectivity index is 1.82. The van der Waals surface area contributed by atoms with Crippen molar-refractivity contribution >= 4 is 0 Å². The van der Waals surface area contributed by atoms with Crippen molar-refractivity contribution in [3.63, 3.8) is 0 Å². The minimum atomic E-state index is -0.967. The van der Waals surface area contributed by atoms with E-state index in [0.29, 0.717) is 12.5 Å². The first kappa shape index (κ1) is 11.3. The number of halogens is 2. The first-order valence-corrected chi connectivity index (χ1v) is 5.33. The van der Waals surface area contributed by atoms with Gasteiger partial charge in [0.05, 0.1) is 6.61 Å². The van der Waals surface area contributed by atoms with Crippen LogP contribution in [0, 0.1) is 23.6 Å². The highest BCUT2D eigenvalue weighted by atomic mass is 19.2. The van der Waals surface area contributed by atoms with E-state index in [9.17, 15) is 8.78 Å². The minimum absolute atomic E-state index is 0.140. The maximum absolute atomic E-state index is 13.1. The molecule has 0 amide bonds. The third-order valence-electron chi connectivity index (χ3n) is 2.65. The fourth-order valence-electron chi connectivity index (χ4n) is 1.68. The molecule has 1 aromatic rings.